The van der Waals surface area contributed by atoms with Crippen LogP contribution >= 0.6 is 0 Å². The van der Waals surface area contributed by atoms with E-state index in [0.29, 0.717) is 5.71 Å². The molecule has 0 fully saturated rings. The van der Waals surface area contributed by atoms with E-state index in [1.54, 1.807) is 0 Å². The highest BCUT2D eigenvalue weighted by Gasteiger charge is 2.15. The fourth-order valence-electron chi connectivity index (χ4n) is 4.33. The van der Waals surface area contributed by atoms with Crippen LogP contribution in [0.1, 0.15) is 11.3 Å². The second-order valence-electron chi connectivity index (χ2n) is 7.83. The number of fused-ring (bicyclic) bond motifs is 4. The minimum absolute atomic E-state index is 0.663. The smallest absolute Gasteiger partial charge is 0.227 e. The standard InChI is InChI=1S/C27H19N3O/c1-16-8-9-22-21-5-3-6-23(26(21)31-27(22)30-16)25-15-18(12-14-29-25)19-10-11-24-20(17(19)2)7-4-13-28-24/h3-15H,1-2H3. The average molecular weight is 401 g/mol. The highest BCUT2D eigenvalue weighted by atomic mass is 16.3. The number of benzene rings is 2. The molecule has 0 saturated carbocycles. The Balaban J connectivity index is 1.55. The van der Waals surface area contributed by atoms with Crippen LogP contribution in [0.25, 0.3) is 55.4 Å². The number of para-hydroxylation sites is 1. The van der Waals surface area contributed by atoms with Gasteiger partial charge in [-0.2, -0.15) is 0 Å². The molecule has 4 heteroatoms. The summed E-state index contributed by atoms with van der Waals surface area (Å²) in [6.45, 7) is 4.12. The maximum atomic E-state index is 6.19. The molecule has 0 atom stereocenters. The van der Waals surface area contributed by atoms with Gasteiger partial charge in [-0.3, -0.25) is 9.97 Å². The highest BCUT2D eigenvalue weighted by molar-refractivity contribution is 6.08. The predicted octanol–water partition coefficient (Wildman–Crippen LogP) is 6.88. The molecule has 2 aromatic carbocycles. The topological polar surface area (TPSA) is 51.8 Å². The molecule has 0 N–H and O–H groups in total. The second-order valence-corrected chi connectivity index (χ2v) is 7.83. The molecule has 4 heterocycles. The molecule has 4 aromatic heterocycles. The number of aromatic nitrogens is 3. The van der Waals surface area contributed by atoms with Crippen LogP contribution in [0.15, 0.2) is 83.5 Å². The first-order chi connectivity index (χ1) is 15.2. The van der Waals surface area contributed by atoms with Gasteiger partial charge in [0.2, 0.25) is 5.71 Å². The Hall–Kier alpha value is -4.05. The van der Waals surface area contributed by atoms with E-state index < -0.39 is 0 Å². The minimum Gasteiger partial charge on any atom is -0.437 e. The summed E-state index contributed by atoms with van der Waals surface area (Å²) >= 11 is 0. The van der Waals surface area contributed by atoms with Crippen molar-refractivity contribution < 1.29 is 4.42 Å². The molecule has 0 spiro atoms. The second kappa shape index (κ2) is 6.74. The number of aryl methyl sites for hydroxylation is 2. The van der Waals surface area contributed by atoms with E-state index in [1.165, 1.54) is 16.5 Å². The Morgan fingerprint density at radius 1 is 0.710 bits per heavy atom. The fraction of sp³-hybridized carbons (Fsp3) is 0.0741. The maximum absolute atomic E-state index is 6.19. The van der Waals surface area contributed by atoms with Gasteiger partial charge in [0, 0.05) is 39.8 Å². The number of pyridine rings is 3. The fourth-order valence-corrected chi connectivity index (χ4v) is 4.33. The molecular weight excluding hydrogens is 382 g/mol. The summed E-state index contributed by atoms with van der Waals surface area (Å²) < 4.78 is 6.19. The maximum Gasteiger partial charge on any atom is 0.227 e. The molecule has 0 aliphatic carbocycles. The van der Waals surface area contributed by atoms with E-state index >= 15 is 0 Å². The van der Waals surface area contributed by atoms with Gasteiger partial charge in [0.25, 0.3) is 0 Å². The first kappa shape index (κ1) is 17.8. The molecule has 0 saturated heterocycles. The first-order valence-electron chi connectivity index (χ1n) is 10.3. The average Bonchev–Trinajstić information content (AvgIpc) is 3.17. The van der Waals surface area contributed by atoms with E-state index in [4.69, 9.17) is 4.42 Å². The Kier molecular flexibility index (Phi) is 3.87. The zero-order chi connectivity index (χ0) is 20.9. The van der Waals surface area contributed by atoms with Crippen molar-refractivity contribution in [2.45, 2.75) is 13.8 Å². The van der Waals surface area contributed by atoms with E-state index in [2.05, 4.69) is 70.4 Å². The van der Waals surface area contributed by atoms with E-state index in [-0.39, 0.29) is 0 Å². The molecule has 148 valence electrons. The molecule has 6 aromatic rings. The SMILES string of the molecule is Cc1ccc2c(n1)oc1c(-c3cc(-c4ccc5ncccc5c4C)ccn3)cccc12. The van der Waals surface area contributed by atoms with Crippen LogP contribution < -0.4 is 0 Å². The minimum atomic E-state index is 0.663. The Morgan fingerprint density at radius 3 is 2.55 bits per heavy atom. The van der Waals surface area contributed by atoms with Gasteiger partial charge in [-0.05, 0) is 73.0 Å². The lowest BCUT2D eigenvalue weighted by atomic mass is 9.96. The summed E-state index contributed by atoms with van der Waals surface area (Å²) in [5.74, 6) is 0. The number of rotatable bonds is 2. The summed E-state index contributed by atoms with van der Waals surface area (Å²) in [7, 11) is 0. The number of hydrogen-bond acceptors (Lipinski definition) is 4. The Morgan fingerprint density at radius 2 is 1.61 bits per heavy atom. The predicted molar refractivity (Wildman–Crippen MR) is 125 cm³/mol. The van der Waals surface area contributed by atoms with Gasteiger partial charge in [0.1, 0.15) is 5.58 Å². The zero-order valence-electron chi connectivity index (χ0n) is 17.3. The third-order valence-electron chi connectivity index (χ3n) is 5.90. The van der Waals surface area contributed by atoms with Crippen molar-refractivity contribution in [2.75, 3.05) is 0 Å². The summed E-state index contributed by atoms with van der Waals surface area (Å²) in [5, 5.41) is 3.25. The molecule has 0 aliphatic rings. The lowest BCUT2D eigenvalue weighted by Gasteiger charge is -2.10. The quantitative estimate of drug-likeness (QED) is 0.317. The number of hydrogen-bond donors (Lipinski definition) is 0. The van der Waals surface area contributed by atoms with E-state index in [0.717, 1.165) is 44.4 Å². The zero-order valence-corrected chi connectivity index (χ0v) is 17.3. The molecular formula is C27H19N3O. The van der Waals surface area contributed by atoms with Crippen molar-refractivity contribution in [3.05, 3.63) is 90.4 Å². The molecule has 6 rings (SSSR count). The molecule has 0 unspecified atom stereocenters. The summed E-state index contributed by atoms with van der Waals surface area (Å²) in [5.41, 5.74) is 8.79. The van der Waals surface area contributed by atoms with Crippen molar-refractivity contribution in [1.82, 2.24) is 15.0 Å². The van der Waals surface area contributed by atoms with Gasteiger partial charge >= 0.3 is 0 Å². The number of furan rings is 1. The Labute approximate surface area is 179 Å². The van der Waals surface area contributed by atoms with Crippen LogP contribution in [0.5, 0.6) is 0 Å². The highest BCUT2D eigenvalue weighted by Crippen LogP contribution is 2.36. The van der Waals surface area contributed by atoms with Crippen LogP contribution in [-0.2, 0) is 0 Å². The van der Waals surface area contributed by atoms with Crippen LogP contribution in [0.3, 0.4) is 0 Å². The first-order valence-corrected chi connectivity index (χ1v) is 10.3. The third-order valence-corrected chi connectivity index (χ3v) is 5.90. The molecule has 4 nitrogen and oxygen atoms in total. The van der Waals surface area contributed by atoms with Gasteiger partial charge in [-0.25, -0.2) is 4.98 Å². The molecule has 0 aliphatic heterocycles. The van der Waals surface area contributed by atoms with Gasteiger partial charge in [0.15, 0.2) is 0 Å². The van der Waals surface area contributed by atoms with Crippen LogP contribution in [0.2, 0.25) is 0 Å². The van der Waals surface area contributed by atoms with Crippen LogP contribution in [0.4, 0.5) is 0 Å². The van der Waals surface area contributed by atoms with Crippen molar-refractivity contribution in [3.8, 4) is 22.4 Å². The van der Waals surface area contributed by atoms with Crippen molar-refractivity contribution in [3.63, 3.8) is 0 Å². The van der Waals surface area contributed by atoms with Gasteiger partial charge in [-0.15, -0.1) is 0 Å². The summed E-state index contributed by atoms with van der Waals surface area (Å²) in [6.07, 6.45) is 3.69. The van der Waals surface area contributed by atoms with Crippen LogP contribution in [-0.4, -0.2) is 15.0 Å². The van der Waals surface area contributed by atoms with Crippen LogP contribution in [0, 0.1) is 13.8 Å². The third kappa shape index (κ3) is 2.80. The van der Waals surface area contributed by atoms with Crippen molar-refractivity contribution >= 4 is 33.0 Å². The molecule has 0 radical (unpaired) electrons. The lowest BCUT2D eigenvalue weighted by molar-refractivity contribution is 0.653. The van der Waals surface area contributed by atoms with Crippen molar-refractivity contribution in [1.29, 1.82) is 0 Å². The van der Waals surface area contributed by atoms with E-state index in [1.807, 2.05) is 37.5 Å². The van der Waals surface area contributed by atoms with Gasteiger partial charge < -0.3 is 4.42 Å². The largest absolute Gasteiger partial charge is 0.437 e. The van der Waals surface area contributed by atoms with Gasteiger partial charge in [-0.1, -0.05) is 24.3 Å². The molecule has 0 amide bonds. The van der Waals surface area contributed by atoms with E-state index in [9.17, 15) is 0 Å². The van der Waals surface area contributed by atoms with Gasteiger partial charge in [0.05, 0.1) is 11.2 Å². The molecule has 0 bridgehead atoms. The van der Waals surface area contributed by atoms with Crippen molar-refractivity contribution in [2.24, 2.45) is 0 Å². The monoisotopic (exact) mass is 401 g/mol. The lowest BCUT2D eigenvalue weighted by Crippen LogP contribution is -1.90. The molecule has 31 heavy (non-hydrogen) atoms. The summed E-state index contributed by atoms with van der Waals surface area (Å²) in [6, 6.07) is 22.8. The normalized spacial score (nSPS) is 11.5. The Bertz CT molecular complexity index is 1610. The summed E-state index contributed by atoms with van der Waals surface area (Å²) in [4.78, 5) is 13.7. The number of nitrogens with zero attached hydrogens (tertiary/aromatic N) is 3.